The summed E-state index contributed by atoms with van der Waals surface area (Å²) in [6, 6.07) is 21.1. The van der Waals surface area contributed by atoms with Crippen LogP contribution in [0.1, 0.15) is 11.1 Å². The Labute approximate surface area is 131 Å². The van der Waals surface area contributed by atoms with Gasteiger partial charge in [-0.05, 0) is 17.5 Å². The molecule has 0 N–H and O–H groups in total. The van der Waals surface area contributed by atoms with Crippen LogP contribution in [0.4, 0.5) is 0 Å². The molecule has 0 aliphatic carbocycles. The number of hydrogen-bond acceptors (Lipinski definition) is 3. The van der Waals surface area contributed by atoms with Crippen LogP contribution in [0.3, 0.4) is 0 Å². The van der Waals surface area contributed by atoms with Gasteiger partial charge < -0.3 is 14.2 Å². The molecule has 2 aromatic carbocycles. The van der Waals surface area contributed by atoms with E-state index in [1.807, 2.05) is 0 Å². The molecule has 0 bridgehead atoms. The minimum absolute atomic E-state index is 0.392. The number of hydrogen-bond donors (Lipinski definition) is 0. The molecular weight excluding hydrogens is 276 g/mol. The summed E-state index contributed by atoms with van der Waals surface area (Å²) in [6.45, 7) is 3.26. The molecule has 22 heavy (non-hydrogen) atoms. The number of epoxide rings is 2. The Balaban J connectivity index is 0.000000139. The smallest absolute Gasteiger partial charge is 0.104 e. The van der Waals surface area contributed by atoms with Crippen molar-refractivity contribution >= 4 is 0 Å². The highest BCUT2D eigenvalue weighted by molar-refractivity contribution is 5.25. The van der Waals surface area contributed by atoms with Crippen molar-refractivity contribution in [2.75, 3.05) is 26.4 Å². The van der Waals surface area contributed by atoms with Crippen molar-refractivity contribution in [3.05, 3.63) is 71.8 Å². The Hall–Kier alpha value is -1.68. The van der Waals surface area contributed by atoms with Crippen molar-refractivity contribution < 1.29 is 14.2 Å². The molecule has 0 aromatic heterocycles. The summed E-state index contributed by atoms with van der Waals surface area (Å²) in [7, 11) is 0. The number of rotatable bonds is 6. The molecule has 2 atom stereocenters. The van der Waals surface area contributed by atoms with E-state index in [1.54, 1.807) is 0 Å². The maximum absolute atomic E-state index is 5.23. The van der Waals surface area contributed by atoms with Crippen LogP contribution in [0.5, 0.6) is 0 Å². The Morgan fingerprint density at radius 2 is 1.14 bits per heavy atom. The highest BCUT2D eigenvalue weighted by Crippen LogP contribution is 2.12. The van der Waals surface area contributed by atoms with Crippen molar-refractivity contribution in [2.45, 2.75) is 18.6 Å². The van der Waals surface area contributed by atoms with Crippen molar-refractivity contribution in [2.24, 2.45) is 0 Å². The summed E-state index contributed by atoms with van der Waals surface area (Å²) in [4.78, 5) is 0. The van der Waals surface area contributed by atoms with Gasteiger partial charge in [0.15, 0.2) is 0 Å². The first-order valence-corrected chi connectivity index (χ1v) is 7.79. The van der Waals surface area contributed by atoms with Gasteiger partial charge in [-0.2, -0.15) is 0 Å². The van der Waals surface area contributed by atoms with Gasteiger partial charge in [0.2, 0.25) is 0 Å². The van der Waals surface area contributed by atoms with E-state index in [0.29, 0.717) is 12.2 Å². The number of benzene rings is 2. The fraction of sp³-hybridized carbons (Fsp3) is 0.368. The lowest BCUT2D eigenvalue weighted by atomic mass is 10.1. The van der Waals surface area contributed by atoms with E-state index in [9.17, 15) is 0 Å². The van der Waals surface area contributed by atoms with Crippen LogP contribution in [0.2, 0.25) is 0 Å². The van der Waals surface area contributed by atoms with E-state index in [1.165, 1.54) is 11.1 Å². The number of ether oxygens (including phenoxy) is 3. The maximum Gasteiger partial charge on any atom is 0.104 e. The molecule has 0 saturated carbocycles. The second kappa shape index (κ2) is 8.08. The van der Waals surface area contributed by atoms with Crippen LogP contribution in [0.25, 0.3) is 0 Å². The van der Waals surface area contributed by atoms with Crippen LogP contribution in [-0.4, -0.2) is 38.6 Å². The average Bonchev–Trinajstić information content (AvgIpc) is 3.46. The average molecular weight is 298 g/mol. The third-order valence-electron chi connectivity index (χ3n) is 3.51. The Morgan fingerprint density at radius 3 is 1.50 bits per heavy atom. The van der Waals surface area contributed by atoms with E-state index >= 15 is 0 Å². The lowest BCUT2D eigenvalue weighted by Crippen LogP contribution is -2.06. The zero-order valence-corrected chi connectivity index (χ0v) is 12.7. The molecule has 0 amide bonds. The first-order valence-electron chi connectivity index (χ1n) is 7.79. The normalized spacial score (nSPS) is 21.6. The molecule has 0 spiro atoms. The molecule has 2 unspecified atom stereocenters. The SMILES string of the molecule is C(OCC1CO1)C1CO1.c1ccc(Cc2ccccc2)cc1. The molecule has 2 aromatic rings. The molecule has 2 aliphatic heterocycles. The quantitative estimate of drug-likeness (QED) is 0.769. The molecule has 2 fully saturated rings. The summed E-state index contributed by atoms with van der Waals surface area (Å²) in [6.07, 6.45) is 1.81. The highest BCUT2D eigenvalue weighted by atomic mass is 16.6. The summed E-state index contributed by atoms with van der Waals surface area (Å²) in [5, 5.41) is 0. The monoisotopic (exact) mass is 298 g/mol. The van der Waals surface area contributed by atoms with E-state index in [-0.39, 0.29) is 0 Å². The van der Waals surface area contributed by atoms with Crippen molar-refractivity contribution in [1.82, 2.24) is 0 Å². The van der Waals surface area contributed by atoms with Crippen LogP contribution in [0.15, 0.2) is 60.7 Å². The van der Waals surface area contributed by atoms with Gasteiger partial charge in [-0.25, -0.2) is 0 Å². The summed E-state index contributed by atoms with van der Waals surface area (Å²) < 4.78 is 15.1. The first kappa shape index (κ1) is 15.2. The van der Waals surface area contributed by atoms with Crippen LogP contribution < -0.4 is 0 Å². The van der Waals surface area contributed by atoms with Gasteiger partial charge in [-0.3, -0.25) is 0 Å². The van der Waals surface area contributed by atoms with Crippen molar-refractivity contribution in [3.63, 3.8) is 0 Å². The standard InChI is InChI=1S/C13H12.C6H10O3/c1-3-7-12(8-4-1)11-13-9-5-2-6-10-13;1(5-3-8-5)7-2-6-4-9-6/h1-10H,11H2;5-6H,1-4H2. The van der Waals surface area contributed by atoms with Gasteiger partial charge >= 0.3 is 0 Å². The van der Waals surface area contributed by atoms with Gasteiger partial charge in [0, 0.05) is 0 Å². The van der Waals surface area contributed by atoms with Crippen LogP contribution in [0, 0.1) is 0 Å². The third-order valence-corrected chi connectivity index (χ3v) is 3.51. The van der Waals surface area contributed by atoms with Gasteiger partial charge in [0.05, 0.1) is 26.4 Å². The second-order valence-corrected chi connectivity index (χ2v) is 5.60. The van der Waals surface area contributed by atoms with Gasteiger partial charge in [0.25, 0.3) is 0 Å². The minimum atomic E-state index is 0.392. The predicted octanol–water partition coefficient (Wildman–Crippen LogP) is 3.08. The Morgan fingerprint density at radius 1 is 0.727 bits per heavy atom. The highest BCUT2D eigenvalue weighted by Gasteiger charge is 2.26. The molecule has 2 aliphatic rings. The summed E-state index contributed by atoms with van der Waals surface area (Å²) in [5.41, 5.74) is 2.74. The fourth-order valence-electron chi connectivity index (χ4n) is 2.09. The zero-order chi connectivity index (χ0) is 15.0. The molecule has 4 rings (SSSR count). The van der Waals surface area contributed by atoms with Crippen LogP contribution in [-0.2, 0) is 20.6 Å². The minimum Gasteiger partial charge on any atom is -0.376 e. The van der Waals surface area contributed by atoms with Gasteiger partial charge in [0.1, 0.15) is 12.2 Å². The summed E-state index contributed by atoms with van der Waals surface area (Å²) >= 11 is 0. The Kier molecular flexibility index (Phi) is 5.59. The van der Waals surface area contributed by atoms with Gasteiger partial charge in [-0.15, -0.1) is 0 Å². The molecule has 0 radical (unpaired) electrons. The Bertz CT molecular complexity index is 484. The van der Waals surface area contributed by atoms with Crippen molar-refractivity contribution in [1.29, 1.82) is 0 Å². The predicted molar refractivity (Wildman–Crippen MR) is 86.0 cm³/mol. The fourth-order valence-corrected chi connectivity index (χ4v) is 2.09. The summed E-state index contributed by atoms with van der Waals surface area (Å²) in [5.74, 6) is 0. The molecular formula is C19H22O3. The first-order chi connectivity index (χ1) is 10.9. The van der Waals surface area contributed by atoms with Crippen molar-refractivity contribution in [3.8, 4) is 0 Å². The molecule has 2 heterocycles. The van der Waals surface area contributed by atoms with Crippen LogP contribution >= 0.6 is 0 Å². The van der Waals surface area contributed by atoms with Gasteiger partial charge in [-0.1, -0.05) is 60.7 Å². The molecule has 3 nitrogen and oxygen atoms in total. The van der Waals surface area contributed by atoms with E-state index in [4.69, 9.17) is 14.2 Å². The molecule has 3 heteroatoms. The van der Waals surface area contributed by atoms with E-state index in [2.05, 4.69) is 60.7 Å². The lowest BCUT2D eigenvalue weighted by Gasteiger charge is -2.00. The van der Waals surface area contributed by atoms with E-state index < -0.39 is 0 Å². The molecule has 116 valence electrons. The topological polar surface area (TPSA) is 34.3 Å². The lowest BCUT2D eigenvalue weighted by molar-refractivity contribution is 0.102. The zero-order valence-electron chi connectivity index (χ0n) is 12.7. The van der Waals surface area contributed by atoms with E-state index in [0.717, 1.165) is 32.8 Å². The molecule has 2 saturated heterocycles. The second-order valence-electron chi connectivity index (χ2n) is 5.60. The largest absolute Gasteiger partial charge is 0.376 e. The maximum atomic E-state index is 5.23. The third kappa shape index (κ3) is 5.98.